The van der Waals surface area contributed by atoms with Crippen LogP contribution in [0.4, 0.5) is 5.82 Å². The third kappa shape index (κ3) is 2.36. The zero-order valence-corrected chi connectivity index (χ0v) is 11.6. The van der Waals surface area contributed by atoms with Crippen LogP contribution in [0.2, 0.25) is 0 Å². The van der Waals surface area contributed by atoms with E-state index < -0.39 is 0 Å². The van der Waals surface area contributed by atoms with E-state index in [1.165, 1.54) is 12.8 Å². The van der Waals surface area contributed by atoms with Crippen molar-refractivity contribution in [3.8, 4) is 11.4 Å². The van der Waals surface area contributed by atoms with E-state index in [-0.39, 0.29) is 0 Å². The van der Waals surface area contributed by atoms with Gasteiger partial charge in [0, 0.05) is 47.2 Å². The number of nitrogens with one attached hydrogen (secondary N) is 1. The first kappa shape index (κ1) is 11.6. The van der Waals surface area contributed by atoms with Gasteiger partial charge in [-0.1, -0.05) is 0 Å². The molecule has 0 atom stereocenters. The summed E-state index contributed by atoms with van der Waals surface area (Å²) >= 11 is 3.42. The quantitative estimate of drug-likeness (QED) is 0.946. The molecular formula is C13H13BrN4. The lowest BCUT2D eigenvalue weighted by Gasteiger charge is -2.07. The van der Waals surface area contributed by atoms with Crippen LogP contribution < -0.4 is 5.32 Å². The topological polar surface area (TPSA) is 50.7 Å². The largest absolute Gasteiger partial charge is 0.373 e. The number of halogens is 1. The predicted molar refractivity (Wildman–Crippen MR) is 74.5 cm³/mol. The Morgan fingerprint density at radius 1 is 1.22 bits per heavy atom. The van der Waals surface area contributed by atoms with Crippen LogP contribution >= 0.6 is 15.9 Å². The number of rotatable bonds is 3. The van der Waals surface area contributed by atoms with Crippen LogP contribution in [0.25, 0.3) is 11.4 Å². The summed E-state index contributed by atoms with van der Waals surface area (Å²) in [5.74, 6) is 2.21. The molecular weight excluding hydrogens is 292 g/mol. The fourth-order valence-corrected chi connectivity index (χ4v) is 2.21. The number of hydrogen-bond donors (Lipinski definition) is 1. The second-order valence-electron chi connectivity index (χ2n) is 4.42. The van der Waals surface area contributed by atoms with Crippen molar-refractivity contribution in [3.05, 3.63) is 34.7 Å². The van der Waals surface area contributed by atoms with Crippen molar-refractivity contribution in [2.75, 3.05) is 12.4 Å². The van der Waals surface area contributed by atoms with Gasteiger partial charge in [0.1, 0.15) is 5.82 Å². The summed E-state index contributed by atoms with van der Waals surface area (Å²) in [5.41, 5.74) is 2.06. The lowest BCUT2D eigenvalue weighted by Crippen LogP contribution is -2.00. The van der Waals surface area contributed by atoms with Crippen LogP contribution in [0.5, 0.6) is 0 Å². The SMILES string of the molecule is CNc1cc(C2CC2)nc(-c2cncc(Br)c2)n1. The van der Waals surface area contributed by atoms with Crippen LogP contribution in [0.15, 0.2) is 29.0 Å². The second-order valence-corrected chi connectivity index (χ2v) is 5.33. The minimum absolute atomic E-state index is 0.610. The first-order chi connectivity index (χ1) is 8.76. The maximum absolute atomic E-state index is 4.64. The Kier molecular flexibility index (Phi) is 2.99. The Balaban J connectivity index is 2.07. The third-order valence-electron chi connectivity index (χ3n) is 2.96. The van der Waals surface area contributed by atoms with Gasteiger partial charge in [-0.15, -0.1) is 0 Å². The average Bonchev–Trinajstić information content (AvgIpc) is 3.22. The highest BCUT2D eigenvalue weighted by molar-refractivity contribution is 9.10. The summed E-state index contributed by atoms with van der Waals surface area (Å²) in [6.45, 7) is 0. The normalized spacial score (nSPS) is 14.6. The number of nitrogens with zero attached hydrogens (tertiary/aromatic N) is 3. The molecule has 2 aromatic rings. The van der Waals surface area contributed by atoms with E-state index in [1.54, 1.807) is 12.4 Å². The number of aromatic nitrogens is 3. The standard InChI is InChI=1S/C13H13BrN4/c1-15-12-5-11(8-2-3-8)17-13(18-12)9-4-10(14)7-16-6-9/h4-8H,2-3H2,1H3,(H,15,17,18). The molecule has 18 heavy (non-hydrogen) atoms. The van der Waals surface area contributed by atoms with Crippen molar-refractivity contribution in [3.63, 3.8) is 0 Å². The highest BCUT2D eigenvalue weighted by Crippen LogP contribution is 2.40. The highest BCUT2D eigenvalue weighted by atomic mass is 79.9. The lowest BCUT2D eigenvalue weighted by atomic mass is 10.2. The molecule has 1 fully saturated rings. The molecule has 3 rings (SSSR count). The minimum Gasteiger partial charge on any atom is -0.373 e. The summed E-state index contributed by atoms with van der Waals surface area (Å²) in [5, 5.41) is 3.09. The van der Waals surface area contributed by atoms with Gasteiger partial charge in [0.05, 0.1) is 0 Å². The van der Waals surface area contributed by atoms with E-state index >= 15 is 0 Å². The Morgan fingerprint density at radius 2 is 2.06 bits per heavy atom. The Labute approximate surface area is 114 Å². The van der Waals surface area contributed by atoms with E-state index in [2.05, 4.69) is 36.2 Å². The summed E-state index contributed by atoms with van der Waals surface area (Å²) in [4.78, 5) is 13.3. The molecule has 4 nitrogen and oxygen atoms in total. The summed E-state index contributed by atoms with van der Waals surface area (Å²) in [6, 6.07) is 4.02. The highest BCUT2D eigenvalue weighted by Gasteiger charge is 2.26. The molecule has 0 unspecified atom stereocenters. The van der Waals surface area contributed by atoms with Crippen molar-refractivity contribution in [1.82, 2.24) is 15.0 Å². The third-order valence-corrected chi connectivity index (χ3v) is 3.39. The van der Waals surface area contributed by atoms with Gasteiger partial charge in [-0.05, 0) is 34.8 Å². The minimum atomic E-state index is 0.610. The fraction of sp³-hybridized carbons (Fsp3) is 0.308. The molecule has 92 valence electrons. The summed E-state index contributed by atoms with van der Waals surface area (Å²) in [7, 11) is 1.88. The van der Waals surface area contributed by atoms with Gasteiger partial charge in [0.25, 0.3) is 0 Å². The van der Waals surface area contributed by atoms with Crippen molar-refractivity contribution < 1.29 is 0 Å². The van der Waals surface area contributed by atoms with E-state index in [1.807, 2.05) is 19.2 Å². The first-order valence-electron chi connectivity index (χ1n) is 5.94. The Hall–Kier alpha value is -1.49. The van der Waals surface area contributed by atoms with Crippen molar-refractivity contribution in [1.29, 1.82) is 0 Å². The maximum Gasteiger partial charge on any atom is 0.163 e. The lowest BCUT2D eigenvalue weighted by molar-refractivity contribution is 0.993. The molecule has 2 heterocycles. The fourth-order valence-electron chi connectivity index (χ4n) is 1.85. The van der Waals surface area contributed by atoms with E-state index in [0.717, 1.165) is 27.4 Å². The molecule has 1 aliphatic rings. The molecule has 0 saturated heterocycles. The second kappa shape index (κ2) is 4.65. The van der Waals surface area contributed by atoms with Gasteiger partial charge in [-0.3, -0.25) is 4.98 Å². The molecule has 1 N–H and O–H groups in total. The summed E-state index contributed by atoms with van der Waals surface area (Å²) in [6.07, 6.45) is 6.01. The van der Waals surface area contributed by atoms with E-state index in [0.29, 0.717) is 5.92 Å². The molecule has 0 amide bonds. The zero-order valence-electron chi connectivity index (χ0n) is 10.0. The molecule has 0 spiro atoms. The number of anilines is 1. The summed E-state index contributed by atoms with van der Waals surface area (Å²) < 4.78 is 0.937. The van der Waals surface area contributed by atoms with Crippen LogP contribution in [-0.2, 0) is 0 Å². The predicted octanol–water partition coefficient (Wildman–Crippen LogP) is 3.22. The van der Waals surface area contributed by atoms with Crippen LogP contribution in [0.3, 0.4) is 0 Å². The number of pyridine rings is 1. The van der Waals surface area contributed by atoms with Gasteiger partial charge >= 0.3 is 0 Å². The van der Waals surface area contributed by atoms with Gasteiger partial charge in [0.15, 0.2) is 5.82 Å². The van der Waals surface area contributed by atoms with E-state index in [4.69, 9.17) is 0 Å². The van der Waals surface area contributed by atoms with Gasteiger partial charge < -0.3 is 5.32 Å². The first-order valence-corrected chi connectivity index (χ1v) is 6.73. The van der Waals surface area contributed by atoms with E-state index in [9.17, 15) is 0 Å². The smallest absolute Gasteiger partial charge is 0.163 e. The molecule has 1 aliphatic carbocycles. The van der Waals surface area contributed by atoms with Crippen molar-refractivity contribution >= 4 is 21.7 Å². The van der Waals surface area contributed by atoms with Crippen LogP contribution in [0, 0.1) is 0 Å². The Bertz CT molecular complexity index is 581. The van der Waals surface area contributed by atoms with Crippen LogP contribution in [-0.4, -0.2) is 22.0 Å². The van der Waals surface area contributed by atoms with Gasteiger partial charge in [-0.25, -0.2) is 9.97 Å². The van der Waals surface area contributed by atoms with Crippen LogP contribution in [0.1, 0.15) is 24.5 Å². The molecule has 1 saturated carbocycles. The molecule has 0 aliphatic heterocycles. The molecule has 5 heteroatoms. The van der Waals surface area contributed by atoms with Crippen molar-refractivity contribution in [2.24, 2.45) is 0 Å². The van der Waals surface area contributed by atoms with Gasteiger partial charge in [0.2, 0.25) is 0 Å². The molecule has 2 aromatic heterocycles. The number of hydrogen-bond acceptors (Lipinski definition) is 4. The zero-order chi connectivity index (χ0) is 12.5. The Morgan fingerprint density at radius 3 is 2.72 bits per heavy atom. The van der Waals surface area contributed by atoms with Gasteiger partial charge in [-0.2, -0.15) is 0 Å². The van der Waals surface area contributed by atoms with Crippen molar-refractivity contribution in [2.45, 2.75) is 18.8 Å². The monoisotopic (exact) mass is 304 g/mol. The molecule has 0 aromatic carbocycles. The molecule has 0 bridgehead atoms. The maximum atomic E-state index is 4.64. The average molecular weight is 305 g/mol. The molecule has 0 radical (unpaired) electrons.